The summed E-state index contributed by atoms with van der Waals surface area (Å²) in [5.41, 5.74) is 3.35. The molecule has 0 amide bonds. The molecule has 20 heavy (non-hydrogen) atoms. The Morgan fingerprint density at radius 1 is 1.45 bits per heavy atom. The highest BCUT2D eigenvalue weighted by Gasteiger charge is 2.24. The van der Waals surface area contributed by atoms with Crippen molar-refractivity contribution < 1.29 is 9.90 Å². The summed E-state index contributed by atoms with van der Waals surface area (Å²) in [5.74, 6) is -0.0386. The van der Waals surface area contributed by atoms with Crippen molar-refractivity contribution in [2.24, 2.45) is 5.92 Å². The molecule has 1 N–H and O–H groups in total. The van der Waals surface area contributed by atoms with E-state index < -0.39 is 5.97 Å². The van der Waals surface area contributed by atoms with E-state index in [9.17, 15) is 4.79 Å². The SMILES string of the molecule is CCCN(CC1CC1)c1ccc(C=CC(=O)O)c(C)c1. The van der Waals surface area contributed by atoms with Crippen LogP contribution in [0.2, 0.25) is 0 Å². The highest BCUT2D eigenvalue weighted by atomic mass is 16.4. The maximum absolute atomic E-state index is 10.6. The van der Waals surface area contributed by atoms with Crippen molar-refractivity contribution in [2.75, 3.05) is 18.0 Å². The summed E-state index contributed by atoms with van der Waals surface area (Å²) in [4.78, 5) is 13.0. The molecule has 0 aliphatic heterocycles. The summed E-state index contributed by atoms with van der Waals surface area (Å²) in [6.07, 6.45) is 6.71. The minimum atomic E-state index is -0.908. The predicted octanol–water partition coefficient (Wildman–Crippen LogP) is 3.72. The van der Waals surface area contributed by atoms with E-state index in [0.29, 0.717) is 0 Å². The maximum atomic E-state index is 10.6. The van der Waals surface area contributed by atoms with E-state index in [1.807, 2.05) is 13.0 Å². The summed E-state index contributed by atoms with van der Waals surface area (Å²) in [7, 11) is 0. The summed E-state index contributed by atoms with van der Waals surface area (Å²) in [6.45, 7) is 6.47. The van der Waals surface area contributed by atoms with Crippen molar-refractivity contribution >= 4 is 17.7 Å². The lowest BCUT2D eigenvalue weighted by Gasteiger charge is -2.25. The van der Waals surface area contributed by atoms with Gasteiger partial charge in [0.05, 0.1) is 0 Å². The Balaban J connectivity index is 2.14. The van der Waals surface area contributed by atoms with Crippen LogP contribution in [0.25, 0.3) is 6.08 Å². The topological polar surface area (TPSA) is 40.5 Å². The molecule has 0 heterocycles. The van der Waals surface area contributed by atoms with Crippen LogP contribution in [0.15, 0.2) is 24.3 Å². The Morgan fingerprint density at radius 2 is 2.20 bits per heavy atom. The molecule has 1 aromatic rings. The Morgan fingerprint density at radius 3 is 2.75 bits per heavy atom. The average molecular weight is 273 g/mol. The lowest BCUT2D eigenvalue weighted by atomic mass is 10.1. The van der Waals surface area contributed by atoms with Crippen molar-refractivity contribution in [3.63, 3.8) is 0 Å². The zero-order valence-corrected chi connectivity index (χ0v) is 12.3. The van der Waals surface area contributed by atoms with Gasteiger partial charge in [0.15, 0.2) is 0 Å². The highest BCUT2D eigenvalue weighted by molar-refractivity contribution is 5.85. The van der Waals surface area contributed by atoms with Gasteiger partial charge < -0.3 is 10.0 Å². The standard InChI is InChI=1S/C17H23NO2/c1-3-10-18(12-14-4-5-14)16-8-6-15(13(2)11-16)7-9-17(19)20/h6-9,11,14H,3-5,10,12H2,1-2H3,(H,19,20). The third-order valence-corrected chi connectivity index (χ3v) is 3.69. The van der Waals surface area contributed by atoms with Crippen molar-refractivity contribution in [1.29, 1.82) is 0 Å². The fourth-order valence-corrected chi connectivity index (χ4v) is 2.41. The number of anilines is 1. The van der Waals surface area contributed by atoms with Crippen molar-refractivity contribution in [3.05, 3.63) is 35.4 Å². The van der Waals surface area contributed by atoms with Gasteiger partial charge in [-0.05, 0) is 61.4 Å². The van der Waals surface area contributed by atoms with Gasteiger partial charge in [-0.15, -0.1) is 0 Å². The van der Waals surface area contributed by atoms with Gasteiger partial charge in [0.2, 0.25) is 0 Å². The first-order valence-corrected chi connectivity index (χ1v) is 7.36. The van der Waals surface area contributed by atoms with Crippen LogP contribution >= 0.6 is 0 Å². The fourth-order valence-electron chi connectivity index (χ4n) is 2.41. The molecular weight excluding hydrogens is 250 g/mol. The van der Waals surface area contributed by atoms with Gasteiger partial charge >= 0.3 is 5.97 Å². The van der Waals surface area contributed by atoms with E-state index in [1.54, 1.807) is 6.08 Å². The number of benzene rings is 1. The molecule has 1 fully saturated rings. The summed E-state index contributed by atoms with van der Waals surface area (Å²) in [5, 5.41) is 8.69. The quantitative estimate of drug-likeness (QED) is 0.770. The highest BCUT2D eigenvalue weighted by Crippen LogP contribution is 2.32. The first-order chi connectivity index (χ1) is 9.60. The molecule has 1 saturated carbocycles. The second kappa shape index (κ2) is 6.60. The Kier molecular flexibility index (Phi) is 4.83. The second-order valence-corrected chi connectivity index (χ2v) is 5.60. The number of rotatable bonds is 7. The van der Waals surface area contributed by atoms with Crippen LogP contribution in [-0.2, 0) is 4.79 Å². The van der Waals surface area contributed by atoms with Gasteiger partial charge in [-0.3, -0.25) is 0 Å². The van der Waals surface area contributed by atoms with E-state index >= 15 is 0 Å². The van der Waals surface area contributed by atoms with Crippen LogP contribution in [0.1, 0.15) is 37.3 Å². The normalized spacial score (nSPS) is 14.7. The zero-order chi connectivity index (χ0) is 14.5. The lowest BCUT2D eigenvalue weighted by molar-refractivity contribution is -0.131. The number of nitrogens with zero attached hydrogens (tertiary/aromatic N) is 1. The molecule has 0 unspecified atom stereocenters. The number of aryl methyl sites for hydroxylation is 1. The van der Waals surface area contributed by atoms with E-state index in [0.717, 1.165) is 36.6 Å². The molecule has 1 aliphatic rings. The Hall–Kier alpha value is -1.77. The molecule has 1 aliphatic carbocycles. The van der Waals surface area contributed by atoms with Gasteiger partial charge in [0.25, 0.3) is 0 Å². The number of carbonyl (C=O) groups is 1. The first-order valence-electron chi connectivity index (χ1n) is 7.36. The molecule has 0 spiro atoms. The van der Waals surface area contributed by atoms with Gasteiger partial charge in [-0.2, -0.15) is 0 Å². The van der Waals surface area contributed by atoms with Crippen LogP contribution < -0.4 is 4.90 Å². The fraction of sp³-hybridized carbons (Fsp3) is 0.471. The average Bonchev–Trinajstić information content (AvgIpc) is 3.20. The minimum absolute atomic E-state index is 0.869. The Labute approximate surface area is 120 Å². The largest absolute Gasteiger partial charge is 0.478 e. The number of hydrogen-bond donors (Lipinski definition) is 1. The lowest BCUT2D eigenvalue weighted by Crippen LogP contribution is -2.26. The molecule has 1 aromatic carbocycles. The van der Waals surface area contributed by atoms with E-state index in [2.05, 4.69) is 24.0 Å². The van der Waals surface area contributed by atoms with Gasteiger partial charge in [0.1, 0.15) is 0 Å². The van der Waals surface area contributed by atoms with Gasteiger partial charge in [0, 0.05) is 24.9 Å². The van der Waals surface area contributed by atoms with Crippen molar-refractivity contribution in [1.82, 2.24) is 0 Å². The third-order valence-electron chi connectivity index (χ3n) is 3.69. The molecule has 3 heteroatoms. The number of hydrogen-bond acceptors (Lipinski definition) is 2. The molecule has 0 bridgehead atoms. The smallest absolute Gasteiger partial charge is 0.328 e. The predicted molar refractivity (Wildman–Crippen MR) is 83.1 cm³/mol. The van der Waals surface area contributed by atoms with E-state index in [-0.39, 0.29) is 0 Å². The van der Waals surface area contributed by atoms with Crippen LogP contribution in [0.3, 0.4) is 0 Å². The second-order valence-electron chi connectivity index (χ2n) is 5.60. The monoisotopic (exact) mass is 273 g/mol. The molecule has 0 saturated heterocycles. The van der Waals surface area contributed by atoms with Crippen molar-refractivity contribution in [3.8, 4) is 0 Å². The van der Waals surface area contributed by atoms with E-state index in [4.69, 9.17) is 5.11 Å². The van der Waals surface area contributed by atoms with Gasteiger partial charge in [-0.25, -0.2) is 4.79 Å². The minimum Gasteiger partial charge on any atom is -0.478 e. The van der Waals surface area contributed by atoms with Crippen LogP contribution in [0.4, 0.5) is 5.69 Å². The molecular formula is C17H23NO2. The first kappa shape index (κ1) is 14.6. The molecule has 2 rings (SSSR count). The number of carboxylic acid groups (broad SMARTS) is 1. The molecule has 108 valence electrons. The van der Waals surface area contributed by atoms with Gasteiger partial charge in [-0.1, -0.05) is 13.0 Å². The molecule has 0 radical (unpaired) electrons. The number of aliphatic carboxylic acids is 1. The maximum Gasteiger partial charge on any atom is 0.328 e. The molecule has 3 nitrogen and oxygen atoms in total. The Bertz CT molecular complexity index is 504. The van der Waals surface area contributed by atoms with E-state index in [1.165, 1.54) is 24.6 Å². The summed E-state index contributed by atoms with van der Waals surface area (Å²) in [6, 6.07) is 6.28. The summed E-state index contributed by atoms with van der Waals surface area (Å²) >= 11 is 0. The molecule has 0 aromatic heterocycles. The zero-order valence-electron chi connectivity index (χ0n) is 12.3. The third kappa shape index (κ3) is 4.12. The van der Waals surface area contributed by atoms with Crippen LogP contribution in [0.5, 0.6) is 0 Å². The number of carboxylic acids is 1. The summed E-state index contributed by atoms with van der Waals surface area (Å²) < 4.78 is 0. The van der Waals surface area contributed by atoms with Crippen LogP contribution in [-0.4, -0.2) is 24.2 Å². The molecule has 0 atom stereocenters. The van der Waals surface area contributed by atoms with Crippen LogP contribution in [0, 0.1) is 12.8 Å². The van der Waals surface area contributed by atoms with Crippen molar-refractivity contribution in [2.45, 2.75) is 33.1 Å².